The predicted molar refractivity (Wildman–Crippen MR) is 133 cm³/mol. The number of halogens is 3. The van der Waals surface area contributed by atoms with Crippen molar-refractivity contribution in [3.05, 3.63) is 62.0 Å². The highest BCUT2D eigenvalue weighted by molar-refractivity contribution is 9.10. The van der Waals surface area contributed by atoms with Crippen LogP contribution in [0.3, 0.4) is 0 Å². The number of hydrogen-bond donors (Lipinski definition) is 1. The van der Waals surface area contributed by atoms with E-state index < -0.39 is 6.04 Å². The molecule has 2 aromatic carbocycles. The van der Waals surface area contributed by atoms with Gasteiger partial charge in [0.1, 0.15) is 11.8 Å². The number of nitrogens with zero attached hydrogens (tertiary/aromatic N) is 1. The van der Waals surface area contributed by atoms with E-state index in [1.807, 2.05) is 39.8 Å². The minimum absolute atomic E-state index is 0.00890. The normalized spacial score (nSPS) is 12.7. The highest BCUT2D eigenvalue weighted by atomic mass is 79.9. The molecule has 0 aliphatic heterocycles. The third kappa shape index (κ3) is 7.39. The second kappa shape index (κ2) is 12.5. The molecule has 1 N–H and O–H groups in total. The zero-order valence-corrected chi connectivity index (χ0v) is 21.9. The summed E-state index contributed by atoms with van der Waals surface area (Å²) in [7, 11) is 0. The van der Waals surface area contributed by atoms with Crippen LogP contribution in [0, 0.1) is 6.92 Å². The van der Waals surface area contributed by atoms with Crippen molar-refractivity contribution >= 4 is 50.9 Å². The van der Waals surface area contributed by atoms with E-state index >= 15 is 0 Å². The monoisotopic (exact) mass is 542 g/mol. The standard InChI is InChI=1S/C24H29BrCl2N2O3/c1-5-16(4)28-24(31)22(6-2)29(13-17-7-8-18(26)12-21(17)27)23(30)14-32-19-9-10-20(25)15(3)11-19/h7-12,16,22H,5-6,13-14H2,1-4H3,(H,28,31)/t16-,22+/m1/s1. The quantitative estimate of drug-likeness (QED) is 0.390. The zero-order valence-electron chi connectivity index (χ0n) is 18.8. The van der Waals surface area contributed by atoms with Crippen molar-refractivity contribution in [2.45, 2.75) is 59.2 Å². The maximum Gasteiger partial charge on any atom is 0.261 e. The summed E-state index contributed by atoms with van der Waals surface area (Å²) >= 11 is 15.8. The van der Waals surface area contributed by atoms with Gasteiger partial charge < -0.3 is 15.0 Å². The summed E-state index contributed by atoms with van der Waals surface area (Å²) in [6.07, 6.45) is 1.25. The Morgan fingerprint density at radius 2 is 1.84 bits per heavy atom. The van der Waals surface area contributed by atoms with Crippen LogP contribution in [0.4, 0.5) is 0 Å². The van der Waals surface area contributed by atoms with Crippen molar-refractivity contribution in [3.8, 4) is 5.75 Å². The molecule has 8 heteroatoms. The van der Waals surface area contributed by atoms with Gasteiger partial charge in [-0.3, -0.25) is 9.59 Å². The predicted octanol–water partition coefficient (Wildman–Crippen LogP) is 6.17. The second-order valence-electron chi connectivity index (χ2n) is 7.70. The summed E-state index contributed by atoms with van der Waals surface area (Å²) < 4.78 is 6.71. The van der Waals surface area contributed by atoms with Crippen molar-refractivity contribution in [2.24, 2.45) is 0 Å². The lowest BCUT2D eigenvalue weighted by atomic mass is 10.1. The van der Waals surface area contributed by atoms with Crippen molar-refractivity contribution in [2.75, 3.05) is 6.61 Å². The average Bonchev–Trinajstić information content (AvgIpc) is 2.75. The van der Waals surface area contributed by atoms with Crippen LogP contribution >= 0.6 is 39.1 Å². The molecule has 5 nitrogen and oxygen atoms in total. The van der Waals surface area contributed by atoms with E-state index in [1.54, 1.807) is 24.3 Å². The van der Waals surface area contributed by atoms with Crippen molar-refractivity contribution in [1.29, 1.82) is 0 Å². The van der Waals surface area contributed by atoms with Gasteiger partial charge >= 0.3 is 0 Å². The van der Waals surface area contributed by atoms with Crippen LogP contribution in [0.25, 0.3) is 0 Å². The van der Waals surface area contributed by atoms with E-state index in [0.717, 1.165) is 16.5 Å². The summed E-state index contributed by atoms with van der Waals surface area (Å²) in [4.78, 5) is 27.7. The summed E-state index contributed by atoms with van der Waals surface area (Å²) in [6, 6.07) is 9.98. The van der Waals surface area contributed by atoms with Crippen LogP contribution in [-0.2, 0) is 16.1 Å². The number of carbonyl (C=O) groups excluding carboxylic acids is 2. The molecule has 0 aromatic heterocycles. The van der Waals surface area contributed by atoms with Crippen molar-refractivity contribution in [1.82, 2.24) is 10.2 Å². The van der Waals surface area contributed by atoms with Crippen LogP contribution in [0.5, 0.6) is 5.75 Å². The molecule has 0 bridgehead atoms. The maximum absolute atomic E-state index is 13.3. The Morgan fingerprint density at radius 3 is 2.44 bits per heavy atom. The number of amides is 2. The molecule has 0 saturated carbocycles. The largest absolute Gasteiger partial charge is 0.484 e. The molecule has 32 heavy (non-hydrogen) atoms. The number of rotatable bonds is 10. The van der Waals surface area contributed by atoms with Crippen LogP contribution < -0.4 is 10.1 Å². The van der Waals surface area contributed by atoms with Crippen molar-refractivity contribution in [3.63, 3.8) is 0 Å². The van der Waals surface area contributed by atoms with Gasteiger partial charge in [-0.1, -0.05) is 59.0 Å². The lowest BCUT2D eigenvalue weighted by Gasteiger charge is -2.31. The van der Waals surface area contributed by atoms with Crippen LogP contribution in [0.1, 0.15) is 44.7 Å². The fourth-order valence-electron chi connectivity index (χ4n) is 3.13. The smallest absolute Gasteiger partial charge is 0.261 e. The molecule has 0 aliphatic rings. The molecule has 2 aromatic rings. The molecule has 0 unspecified atom stereocenters. The molecule has 0 aliphatic carbocycles. The molecule has 0 spiro atoms. The molecule has 2 rings (SSSR count). The topological polar surface area (TPSA) is 58.6 Å². The SMILES string of the molecule is CC[C@@H](C)NC(=O)[C@H](CC)N(Cc1ccc(Cl)cc1Cl)C(=O)COc1ccc(Br)c(C)c1. The lowest BCUT2D eigenvalue weighted by molar-refractivity contribution is -0.143. The minimum atomic E-state index is -0.654. The first-order valence-electron chi connectivity index (χ1n) is 10.6. The van der Waals surface area contributed by atoms with Gasteiger partial charge in [-0.25, -0.2) is 0 Å². The number of carbonyl (C=O) groups is 2. The van der Waals surface area contributed by atoms with Gasteiger partial charge in [0.2, 0.25) is 5.91 Å². The molecule has 0 saturated heterocycles. The van der Waals surface area contributed by atoms with E-state index in [1.165, 1.54) is 4.90 Å². The first-order valence-corrected chi connectivity index (χ1v) is 12.1. The molecular formula is C24H29BrCl2N2O3. The number of aryl methyl sites for hydroxylation is 1. The molecule has 174 valence electrons. The molecule has 0 fully saturated rings. The average molecular weight is 544 g/mol. The van der Waals surface area contributed by atoms with E-state index in [-0.39, 0.29) is 31.0 Å². The van der Waals surface area contributed by atoms with Gasteiger partial charge in [0.05, 0.1) is 0 Å². The van der Waals surface area contributed by atoms with Gasteiger partial charge in [0, 0.05) is 27.1 Å². The first kappa shape index (κ1) is 26.5. The first-order chi connectivity index (χ1) is 15.2. The highest BCUT2D eigenvalue weighted by Crippen LogP contribution is 2.25. The Balaban J connectivity index is 2.26. The third-order valence-electron chi connectivity index (χ3n) is 5.23. The van der Waals surface area contributed by atoms with E-state index in [4.69, 9.17) is 27.9 Å². The van der Waals surface area contributed by atoms with Gasteiger partial charge in [0.15, 0.2) is 6.61 Å². The van der Waals surface area contributed by atoms with Gasteiger partial charge in [-0.05, 0) is 68.1 Å². The number of nitrogens with one attached hydrogen (secondary N) is 1. The van der Waals surface area contributed by atoms with Gasteiger partial charge in [-0.15, -0.1) is 0 Å². The minimum Gasteiger partial charge on any atom is -0.484 e. The summed E-state index contributed by atoms with van der Waals surface area (Å²) in [6.45, 7) is 7.73. The fraction of sp³-hybridized carbons (Fsp3) is 0.417. The summed E-state index contributed by atoms with van der Waals surface area (Å²) in [5, 5.41) is 3.93. The van der Waals surface area contributed by atoms with Crippen molar-refractivity contribution < 1.29 is 14.3 Å². The zero-order chi connectivity index (χ0) is 23.8. The van der Waals surface area contributed by atoms with Crippen LogP contribution in [0.2, 0.25) is 10.0 Å². The molecule has 2 amide bonds. The molecule has 0 radical (unpaired) electrons. The summed E-state index contributed by atoms with van der Waals surface area (Å²) in [5.74, 6) is 0.0862. The summed E-state index contributed by atoms with van der Waals surface area (Å²) in [5.41, 5.74) is 1.71. The molecular weight excluding hydrogens is 515 g/mol. The van der Waals surface area contributed by atoms with E-state index in [9.17, 15) is 9.59 Å². The van der Waals surface area contributed by atoms with Crippen LogP contribution in [0.15, 0.2) is 40.9 Å². The Hall–Kier alpha value is -1.76. The number of ether oxygens (including phenoxy) is 1. The van der Waals surface area contributed by atoms with Crippen LogP contribution in [-0.4, -0.2) is 35.4 Å². The molecule has 2 atom stereocenters. The maximum atomic E-state index is 13.3. The Morgan fingerprint density at radius 1 is 1.12 bits per heavy atom. The lowest BCUT2D eigenvalue weighted by Crippen LogP contribution is -2.51. The number of hydrogen-bond acceptors (Lipinski definition) is 3. The van der Waals surface area contributed by atoms with E-state index in [2.05, 4.69) is 21.2 Å². The van der Waals surface area contributed by atoms with Gasteiger partial charge in [0.25, 0.3) is 5.91 Å². The fourth-order valence-corrected chi connectivity index (χ4v) is 3.84. The number of benzene rings is 2. The highest BCUT2D eigenvalue weighted by Gasteiger charge is 2.30. The third-order valence-corrected chi connectivity index (χ3v) is 6.71. The Bertz CT molecular complexity index is 955. The Kier molecular flexibility index (Phi) is 10.3. The van der Waals surface area contributed by atoms with E-state index in [0.29, 0.717) is 27.8 Å². The Labute approximate surface area is 208 Å². The molecule has 0 heterocycles. The second-order valence-corrected chi connectivity index (χ2v) is 9.40. The van der Waals surface area contributed by atoms with Gasteiger partial charge in [-0.2, -0.15) is 0 Å².